The number of nitrogens with two attached hydrogens (primary N) is 1. The second kappa shape index (κ2) is 6.13. The number of rotatable bonds is 6. The highest BCUT2D eigenvalue weighted by Gasteiger charge is 2.05. The number of hydrogen-bond donors (Lipinski definition) is 2. The van der Waals surface area contributed by atoms with Gasteiger partial charge in [-0.2, -0.15) is 5.10 Å². The molecular weight excluding hydrogens is 240 g/mol. The molecule has 0 aliphatic heterocycles. The first-order valence-corrected chi connectivity index (χ1v) is 6.44. The van der Waals surface area contributed by atoms with Crippen molar-refractivity contribution in [3.8, 4) is 5.75 Å². The summed E-state index contributed by atoms with van der Waals surface area (Å²) in [6.07, 6.45) is 2.80. The van der Waals surface area contributed by atoms with Gasteiger partial charge in [-0.1, -0.05) is 6.07 Å². The Morgan fingerprint density at radius 2 is 2.21 bits per heavy atom. The van der Waals surface area contributed by atoms with Crippen molar-refractivity contribution in [1.29, 1.82) is 0 Å². The lowest BCUT2D eigenvalue weighted by molar-refractivity contribution is 0.342. The SMILES string of the molecule is CCOc1cccc(NCCc2ccn(C)n2)c1N. The van der Waals surface area contributed by atoms with E-state index in [1.165, 1.54) is 0 Å². The number of nitrogen functional groups attached to an aromatic ring is 1. The number of nitrogens with one attached hydrogen (secondary N) is 1. The van der Waals surface area contributed by atoms with E-state index < -0.39 is 0 Å². The summed E-state index contributed by atoms with van der Waals surface area (Å²) in [5, 5.41) is 7.65. The van der Waals surface area contributed by atoms with Crippen molar-refractivity contribution in [2.24, 2.45) is 7.05 Å². The third-order valence-corrected chi connectivity index (χ3v) is 2.83. The van der Waals surface area contributed by atoms with Crippen LogP contribution in [0.4, 0.5) is 11.4 Å². The highest BCUT2D eigenvalue weighted by molar-refractivity contribution is 5.72. The van der Waals surface area contributed by atoms with Crippen LogP contribution in [-0.2, 0) is 13.5 Å². The molecule has 0 aliphatic rings. The molecule has 0 atom stereocenters. The molecule has 1 aromatic heterocycles. The van der Waals surface area contributed by atoms with Crippen molar-refractivity contribution >= 4 is 11.4 Å². The lowest BCUT2D eigenvalue weighted by atomic mass is 10.2. The highest BCUT2D eigenvalue weighted by Crippen LogP contribution is 2.29. The summed E-state index contributed by atoms with van der Waals surface area (Å²) < 4.78 is 7.27. The van der Waals surface area contributed by atoms with Crippen LogP contribution in [0, 0.1) is 0 Å². The molecule has 3 N–H and O–H groups in total. The van der Waals surface area contributed by atoms with E-state index in [1.807, 2.05) is 44.4 Å². The van der Waals surface area contributed by atoms with Gasteiger partial charge in [-0.25, -0.2) is 0 Å². The van der Waals surface area contributed by atoms with E-state index in [9.17, 15) is 0 Å². The summed E-state index contributed by atoms with van der Waals surface area (Å²) in [4.78, 5) is 0. The summed E-state index contributed by atoms with van der Waals surface area (Å²) in [5.74, 6) is 0.727. The Labute approximate surface area is 113 Å². The largest absolute Gasteiger partial charge is 0.492 e. The van der Waals surface area contributed by atoms with Crippen LogP contribution in [0.15, 0.2) is 30.5 Å². The molecule has 0 fully saturated rings. The van der Waals surface area contributed by atoms with Gasteiger partial charge in [0.25, 0.3) is 0 Å². The van der Waals surface area contributed by atoms with E-state index in [0.29, 0.717) is 12.3 Å². The molecule has 0 aliphatic carbocycles. The van der Waals surface area contributed by atoms with Gasteiger partial charge in [0.15, 0.2) is 0 Å². The molecule has 0 radical (unpaired) electrons. The van der Waals surface area contributed by atoms with Crippen molar-refractivity contribution in [2.75, 3.05) is 24.2 Å². The van der Waals surface area contributed by atoms with Crippen molar-refractivity contribution in [1.82, 2.24) is 9.78 Å². The Bertz CT molecular complexity index is 536. The van der Waals surface area contributed by atoms with Crippen LogP contribution in [0.1, 0.15) is 12.6 Å². The predicted octanol–water partition coefficient (Wildman–Crippen LogP) is 2.06. The summed E-state index contributed by atoms with van der Waals surface area (Å²) in [6.45, 7) is 3.35. The molecule has 1 aromatic carbocycles. The number of aromatic nitrogens is 2. The maximum Gasteiger partial charge on any atom is 0.144 e. The third kappa shape index (κ3) is 3.40. The van der Waals surface area contributed by atoms with Gasteiger partial charge < -0.3 is 15.8 Å². The van der Waals surface area contributed by atoms with Crippen LogP contribution in [-0.4, -0.2) is 22.9 Å². The average molecular weight is 260 g/mol. The van der Waals surface area contributed by atoms with Crippen LogP contribution >= 0.6 is 0 Å². The Kier molecular flexibility index (Phi) is 4.28. The molecule has 0 unspecified atom stereocenters. The van der Waals surface area contributed by atoms with Crippen LogP contribution in [0.2, 0.25) is 0 Å². The Morgan fingerprint density at radius 3 is 2.89 bits per heavy atom. The summed E-state index contributed by atoms with van der Waals surface area (Å²) >= 11 is 0. The molecule has 102 valence electrons. The topological polar surface area (TPSA) is 65.1 Å². The minimum absolute atomic E-state index is 0.613. The maximum absolute atomic E-state index is 6.05. The van der Waals surface area contributed by atoms with Crippen LogP contribution in [0.25, 0.3) is 0 Å². The van der Waals surface area contributed by atoms with Crippen LogP contribution in [0.3, 0.4) is 0 Å². The van der Waals surface area contributed by atoms with Crippen LogP contribution in [0.5, 0.6) is 5.75 Å². The highest BCUT2D eigenvalue weighted by atomic mass is 16.5. The Hall–Kier alpha value is -2.17. The van der Waals surface area contributed by atoms with Gasteiger partial charge in [0.05, 0.1) is 23.7 Å². The van der Waals surface area contributed by atoms with Gasteiger partial charge in [0, 0.05) is 26.2 Å². The van der Waals surface area contributed by atoms with E-state index >= 15 is 0 Å². The van der Waals surface area contributed by atoms with Gasteiger partial charge in [-0.05, 0) is 25.1 Å². The Morgan fingerprint density at radius 1 is 1.37 bits per heavy atom. The molecule has 0 amide bonds. The lowest BCUT2D eigenvalue weighted by Gasteiger charge is -2.12. The zero-order chi connectivity index (χ0) is 13.7. The first kappa shape index (κ1) is 13.3. The molecule has 0 bridgehead atoms. The number of benzene rings is 1. The number of nitrogens with zero attached hydrogens (tertiary/aromatic N) is 2. The van der Waals surface area contributed by atoms with Crippen molar-refractivity contribution in [2.45, 2.75) is 13.3 Å². The smallest absolute Gasteiger partial charge is 0.144 e. The molecule has 1 heterocycles. The Balaban J connectivity index is 1.94. The lowest BCUT2D eigenvalue weighted by Crippen LogP contribution is -2.08. The minimum Gasteiger partial charge on any atom is -0.492 e. The number of anilines is 2. The van der Waals surface area contributed by atoms with Crippen LogP contribution < -0.4 is 15.8 Å². The summed E-state index contributed by atoms with van der Waals surface area (Å²) in [7, 11) is 1.92. The van der Waals surface area contributed by atoms with E-state index in [0.717, 1.165) is 30.1 Å². The molecule has 2 aromatic rings. The molecular formula is C14H20N4O. The quantitative estimate of drug-likeness (QED) is 0.780. The van der Waals surface area contributed by atoms with Crippen molar-refractivity contribution in [3.63, 3.8) is 0 Å². The molecule has 2 rings (SSSR count). The summed E-state index contributed by atoms with van der Waals surface area (Å²) in [6, 6.07) is 7.78. The molecule has 0 saturated heterocycles. The molecule has 0 spiro atoms. The van der Waals surface area contributed by atoms with E-state index in [4.69, 9.17) is 10.5 Å². The summed E-state index contributed by atoms with van der Waals surface area (Å²) in [5.41, 5.74) is 8.67. The fourth-order valence-electron chi connectivity index (χ4n) is 1.90. The molecule has 5 heteroatoms. The second-order valence-corrected chi connectivity index (χ2v) is 4.31. The first-order valence-electron chi connectivity index (χ1n) is 6.44. The van der Waals surface area contributed by atoms with Gasteiger partial charge >= 0.3 is 0 Å². The van der Waals surface area contributed by atoms with Crippen molar-refractivity contribution in [3.05, 3.63) is 36.2 Å². The number of hydrogen-bond acceptors (Lipinski definition) is 4. The van der Waals surface area contributed by atoms with Gasteiger partial charge in [-0.15, -0.1) is 0 Å². The number of para-hydroxylation sites is 1. The van der Waals surface area contributed by atoms with Gasteiger partial charge in [-0.3, -0.25) is 4.68 Å². The first-order chi connectivity index (χ1) is 9.20. The standard InChI is InChI=1S/C14H20N4O/c1-3-19-13-6-4-5-12(14(13)15)16-9-7-11-8-10-18(2)17-11/h4-6,8,10,16H,3,7,9,15H2,1-2H3. The van der Waals surface area contributed by atoms with Gasteiger partial charge in [0.2, 0.25) is 0 Å². The third-order valence-electron chi connectivity index (χ3n) is 2.83. The number of ether oxygens (including phenoxy) is 1. The van der Waals surface area contributed by atoms with E-state index in [2.05, 4.69) is 10.4 Å². The van der Waals surface area contributed by atoms with E-state index in [-0.39, 0.29) is 0 Å². The fourth-order valence-corrected chi connectivity index (χ4v) is 1.90. The predicted molar refractivity (Wildman–Crippen MR) is 77.4 cm³/mol. The monoisotopic (exact) mass is 260 g/mol. The molecule has 0 saturated carbocycles. The van der Waals surface area contributed by atoms with Gasteiger partial charge in [0.1, 0.15) is 5.75 Å². The normalized spacial score (nSPS) is 10.4. The average Bonchev–Trinajstić information content (AvgIpc) is 2.80. The van der Waals surface area contributed by atoms with Crippen molar-refractivity contribution < 1.29 is 4.74 Å². The maximum atomic E-state index is 6.05. The van der Waals surface area contributed by atoms with E-state index in [1.54, 1.807) is 4.68 Å². The number of aryl methyl sites for hydroxylation is 1. The molecule has 19 heavy (non-hydrogen) atoms. The minimum atomic E-state index is 0.613. The molecule has 5 nitrogen and oxygen atoms in total. The zero-order valence-electron chi connectivity index (χ0n) is 11.4. The fraction of sp³-hybridized carbons (Fsp3) is 0.357. The second-order valence-electron chi connectivity index (χ2n) is 4.31. The zero-order valence-corrected chi connectivity index (χ0v) is 11.4.